The molecule has 3 fully saturated rings. The van der Waals surface area contributed by atoms with Gasteiger partial charge in [0.25, 0.3) is 0 Å². The molecule has 1 amide bonds. The molecule has 0 aromatic rings. The Morgan fingerprint density at radius 3 is 2.73 bits per heavy atom. The minimum absolute atomic E-state index is 0. The molecule has 2 heterocycles. The van der Waals surface area contributed by atoms with Crippen LogP contribution in [-0.4, -0.2) is 42.0 Å². The van der Waals surface area contributed by atoms with Gasteiger partial charge in [-0.05, 0) is 25.2 Å². The highest BCUT2D eigenvalue weighted by molar-refractivity contribution is 5.85. The van der Waals surface area contributed by atoms with E-state index >= 15 is 0 Å². The summed E-state index contributed by atoms with van der Waals surface area (Å²) < 4.78 is 0. The van der Waals surface area contributed by atoms with E-state index in [1.165, 1.54) is 6.42 Å². The minimum Gasteiger partial charge on any atom is -0.340 e. The second-order valence-electron chi connectivity index (χ2n) is 4.89. The maximum absolute atomic E-state index is 12.0. The summed E-state index contributed by atoms with van der Waals surface area (Å²) in [5.74, 6) is 1.07. The van der Waals surface area contributed by atoms with Crippen LogP contribution in [0.2, 0.25) is 0 Å². The summed E-state index contributed by atoms with van der Waals surface area (Å²) >= 11 is 0. The molecule has 15 heavy (non-hydrogen) atoms. The molecule has 1 unspecified atom stereocenters. The lowest BCUT2D eigenvalue weighted by Gasteiger charge is -2.21. The number of nitrogens with zero attached hydrogens (tertiary/aromatic N) is 1. The molecule has 3 aliphatic rings. The van der Waals surface area contributed by atoms with Crippen LogP contribution in [0.4, 0.5) is 0 Å². The molecule has 2 saturated heterocycles. The number of nitrogens with two attached hydrogens (primary N) is 1. The van der Waals surface area contributed by atoms with Crippen LogP contribution < -0.4 is 11.1 Å². The smallest absolute Gasteiger partial charge is 0.239 e. The van der Waals surface area contributed by atoms with E-state index in [9.17, 15) is 4.79 Å². The fourth-order valence-electron chi connectivity index (χ4n) is 2.72. The van der Waals surface area contributed by atoms with Gasteiger partial charge in [0.15, 0.2) is 0 Å². The Morgan fingerprint density at radius 2 is 2.20 bits per heavy atom. The van der Waals surface area contributed by atoms with E-state index in [0.717, 1.165) is 31.8 Å². The van der Waals surface area contributed by atoms with E-state index in [2.05, 4.69) is 5.32 Å². The Morgan fingerprint density at radius 1 is 1.40 bits per heavy atom. The van der Waals surface area contributed by atoms with Gasteiger partial charge in [-0.3, -0.25) is 4.79 Å². The van der Waals surface area contributed by atoms with Gasteiger partial charge >= 0.3 is 0 Å². The normalized spacial score (nSPS) is 42.3. The molecule has 0 aromatic heterocycles. The molecule has 4 nitrogen and oxygen atoms in total. The number of nitrogens with one attached hydrogen (secondary N) is 1. The number of likely N-dealkylation sites (tertiary alicyclic amines) is 1. The third kappa shape index (κ3) is 1.98. The highest BCUT2D eigenvalue weighted by Crippen LogP contribution is 2.41. The zero-order chi connectivity index (χ0) is 9.71. The molecule has 0 bridgehead atoms. The average molecular weight is 232 g/mol. The van der Waals surface area contributed by atoms with Crippen LogP contribution in [0.25, 0.3) is 0 Å². The average Bonchev–Trinajstić information content (AvgIpc) is 2.64. The van der Waals surface area contributed by atoms with E-state index in [1.807, 2.05) is 4.90 Å². The van der Waals surface area contributed by atoms with Crippen LogP contribution >= 0.6 is 12.4 Å². The number of fused-ring (bicyclic) bond motifs is 1. The van der Waals surface area contributed by atoms with E-state index in [-0.39, 0.29) is 30.4 Å². The van der Waals surface area contributed by atoms with E-state index < -0.39 is 0 Å². The molecule has 5 heteroatoms. The Kier molecular flexibility index (Phi) is 2.92. The van der Waals surface area contributed by atoms with E-state index in [4.69, 9.17) is 5.73 Å². The molecule has 3 N–H and O–H groups in total. The van der Waals surface area contributed by atoms with Crippen LogP contribution in [-0.2, 0) is 4.79 Å². The molecule has 1 saturated carbocycles. The standard InChI is InChI=1S/C10H17N3O.ClH/c11-7-1-2-13(5-7)10(14)9-4-6-3-8(6)12-9;/h6-9,12H,1-5,11H2;1H/t6-,7?,8-,9-;/m0./s1. The fraction of sp³-hybridized carbons (Fsp3) is 0.900. The lowest BCUT2D eigenvalue weighted by Crippen LogP contribution is -2.44. The summed E-state index contributed by atoms with van der Waals surface area (Å²) in [5, 5.41) is 3.39. The summed E-state index contributed by atoms with van der Waals surface area (Å²) in [4.78, 5) is 13.9. The lowest BCUT2D eigenvalue weighted by molar-refractivity contribution is -0.132. The van der Waals surface area contributed by atoms with Gasteiger partial charge in [0, 0.05) is 25.2 Å². The number of amides is 1. The highest BCUT2D eigenvalue weighted by atomic mass is 35.5. The summed E-state index contributed by atoms with van der Waals surface area (Å²) in [6.45, 7) is 1.61. The van der Waals surface area contributed by atoms with Gasteiger partial charge in [0.1, 0.15) is 0 Å². The van der Waals surface area contributed by atoms with Crippen LogP contribution in [0.1, 0.15) is 19.3 Å². The number of halogens is 1. The van der Waals surface area contributed by atoms with Crippen LogP contribution in [0, 0.1) is 5.92 Å². The fourth-order valence-corrected chi connectivity index (χ4v) is 2.72. The predicted molar refractivity (Wildman–Crippen MR) is 59.9 cm³/mol. The van der Waals surface area contributed by atoms with Crippen molar-refractivity contribution >= 4 is 18.3 Å². The summed E-state index contributed by atoms with van der Waals surface area (Å²) in [6, 6.07) is 0.958. The van der Waals surface area contributed by atoms with E-state index in [1.54, 1.807) is 0 Å². The Bertz CT molecular complexity index is 254. The van der Waals surface area contributed by atoms with Gasteiger partial charge in [-0.25, -0.2) is 0 Å². The first-order chi connectivity index (χ1) is 6.74. The first-order valence-corrected chi connectivity index (χ1v) is 5.54. The predicted octanol–water partition coefficient (Wildman–Crippen LogP) is -0.282. The third-order valence-corrected chi connectivity index (χ3v) is 3.71. The number of carbonyl (C=O) groups excluding carboxylic acids is 1. The topological polar surface area (TPSA) is 58.4 Å². The molecule has 3 rings (SSSR count). The Hall–Kier alpha value is -0.320. The monoisotopic (exact) mass is 231 g/mol. The van der Waals surface area contributed by atoms with Gasteiger partial charge in [0.2, 0.25) is 5.91 Å². The summed E-state index contributed by atoms with van der Waals surface area (Å²) in [5.41, 5.74) is 5.78. The van der Waals surface area contributed by atoms with Crippen LogP contribution in [0.5, 0.6) is 0 Å². The van der Waals surface area contributed by atoms with Crippen molar-refractivity contribution in [1.29, 1.82) is 0 Å². The van der Waals surface area contributed by atoms with Crippen molar-refractivity contribution < 1.29 is 4.79 Å². The number of carbonyl (C=O) groups is 1. The van der Waals surface area contributed by atoms with Gasteiger partial charge < -0.3 is 16.0 Å². The van der Waals surface area contributed by atoms with Crippen molar-refractivity contribution in [3.63, 3.8) is 0 Å². The number of rotatable bonds is 1. The largest absolute Gasteiger partial charge is 0.340 e. The zero-order valence-corrected chi connectivity index (χ0v) is 9.50. The number of hydrogen-bond donors (Lipinski definition) is 2. The van der Waals surface area contributed by atoms with Gasteiger partial charge in [0.05, 0.1) is 6.04 Å². The van der Waals surface area contributed by atoms with E-state index in [0.29, 0.717) is 6.04 Å². The lowest BCUT2D eigenvalue weighted by atomic mass is 10.1. The maximum Gasteiger partial charge on any atom is 0.239 e. The third-order valence-electron chi connectivity index (χ3n) is 3.71. The Labute approximate surface area is 96.0 Å². The molecule has 0 spiro atoms. The summed E-state index contributed by atoms with van der Waals surface area (Å²) in [7, 11) is 0. The SMILES string of the molecule is Cl.NC1CCN(C(=O)[C@@H]2C[C@@H]3C[C@@H]3N2)C1. The Balaban J connectivity index is 0.000000853. The molecule has 4 atom stereocenters. The maximum atomic E-state index is 12.0. The number of hydrogen-bond acceptors (Lipinski definition) is 3. The second-order valence-corrected chi connectivity index (χ2v) is 4.89. The molecular weight excluding hydrogens is 214 g/mol. The van der Waals surface area contributed by atoms with Gasteiger partial charge in [-0.2, -0.15) is 0 Å². The molecule has 1 aliphatic carbocycles. The molecule has 2 aliphatic heterocycles. The molecule has 0 aromatic carbocycles. The highest BCUT2D eigenvalue weighted by Gasteiger charge is 2.48. The molecule has 86 valence electrons. The van der Waals surface area contributed by atoms with Gasteiger partial charge in [-0.15, -0.1) is 12.4 Å². The molecule has 0 radical (unpaired) electrons. The van der Waals surface area contributed by atoms with Crippen LogP contribution in [0.3, 0.4) is 0 Å². The number of piperidine rings is 1. The van der Waals surface area contributed by atoms with Gasteiger partial charge in [-0.1, -0.05) is 0 Å². The van der Waals surface area contributed by atoms with Crippen molar-refractivity contribution in [3.05, 3.63) is 0 Å². The van der Waals surface area contributed by atoms with Crippen molar-refractivity contribution in [2.45, 2.75) is 37.4 Å². The van der Waals surface area contributed by atoms with Crippen molar-refractivity contribution in [3.8, 4) is 0 Å². The minimum atomic E-state index is 0. The second kappa shape index (κ2) is 3.92. The first kappa shape index (κ1) is 11.2. The first-order valence-electron chi connectivity index (χ1n) is 5.54. The van der Waals surface area contributed by atoms with Crippen molar-refractivity contribution in [2.75, 3.05) is 13.1 Å². The molecular formula is C10H18ClN3O. The quantitative estimate of drug-likeness (QED) is 0.653. The van der Waals surface area contributed by atoms with Crippen LogP contribution in [0.15, 0.2) is 0 Å². The van der Waals surface area contributed by atoms with Crippen molar-refractivity contribution in [1.82, 2.24) is 10.2 Å². The van der Waals surface area contributed by atoms with Crippen molar-refractivity contribution in [2.24, 2.45) is 11.7 Å². The zero-order valence-electron chi connectivity index (χ0n) is 8.69. The summed E-state index contributed by atoms with van der Waals surface area (Å²) in [6.07, 6.45) is 3.30.